The Bertz CT molecular complexity index is 1090. The van der Waals surface area contributed by atoms with E-state index in [-0.39, 0.29) is 29.2 Å². The number of halogens is 1. The third kappa shape index (κ3) is 4.66. The SMILES string of the molecule is COC(=O)C1=CN(Cc2ccc(F)cc2)C=C(C(=O)OC)C1c1ccc(C)c([N+](=O)[O-])c1. The molecule has 0 spiro atoms. The summed E-state index contributed by atoms with van der Waals surface area (Å²) in [7, 11) is 2.41. The largest absolute Gasteiger partial charge is 0.466 e. The van der Waals surface area contributed by atoms with Gasteiger partial charge in [0, 0.05) is 30.6 Å². The number of methoxy groups -OCH3 is 2. The molecule has 1 heterocycles. The number of carbonyl (C=O) groups is 2. The van der Waals surface area contributed by atoms with Crippen LogP contribution in [0.15, 0.2) is 66.0 Å². The van der Waals surface area contributed by atoms with E-state index in [1.807, 2.05) is 0 Å². The summed E-state index contributed by atoms with van der Waals surface area (Å²) in [5, 5.41) is 11.4. The van der Waals surface area contributed by atoms with Gasteiger partial charge in [0.25, 0.3) is 5.69 Å². The van der Waals surface area contributed by atoms with Crippen LogP contribution >= 0.6 is 0 Å². The Balaban J connectivity index is 2.12. The van der Waals surface area contributed by atoms with E-state index in [1.165, 1.54) is 44.8 Å². The first-order chi connectivity index (χ1) is 15.2. The number of esters is 2. The molecule has 3 rings (SSSR count). The number of rotatable bonds is 6. The zero-order valence-corrected chi connectivity index (χ0v) is 17.7. The van der Waals surface area contributed by atoms with Crippen molar-refractivity contribution in [2.24, 2.45) is 0 Å². The maximum Gasteiger partial charge on any atom is 0.336 e. The van der Waals surface area contributed by atoms with Crippen LogP contribution in [0.2, 0.25) is 0 Å². The van der Waals surface area contributed by atoms with Crippen LogP contribution in [0.5, 0.6) is 0 Å². The van der Waals surface area contributed by atoms with E-state index < -0.39 is 22.8 Å². The Morgan fingerprint density at radius 2 is 1.59 bits per heavy atom. The summed E-state index contributed by atoms with van der Waals surface area (Å²) in [4.78, 5) is 37.8. The highest BCUT2D eigenvalue weighted by molar-refractivity contribution is 5.98. The van der Waals surface area contributed by atoms with Crippen molar-refractivity contribution >= 4 is 17.6 Å². The van der Waals surface area contributed by atoms with Crippen LogP contribution in [-0.2, 0) is 25.6 Å². The first-order valence-electron chi connectivity index (χ1n) is 9.60. The van der Waals surface area contributed by atoms with Crippen molar-refractivity contribution in [3.63, 3.8) is 0 Å². The van der Waals surface area contributed by atoms with E-state index in [4.69, 9.17) is 9.47 Å². The molecule has 0 aliphatic carbocycles. The number of nitrogens with zero attached hydrogens (tertiary/aromatic N) is 2. The number of ether oxygens (including phenoxy) is 2. The monoisotopic (exact) mass is 440 g/mol. The topological polar surface area (TPSA) is 99.0 Å². The number of aryl methyl sites for hydroxylation is 1. The maximum absolute atomic E-state index is 13.2. The normalized spacial score (nSPS) is 13.8. The zero-order valence-electron chi connectivity index (χ0n) is 17.7. The highest BCUT2D eigenvalue weighted by Gasteiger charge is 2.36. The van der Waals surface area contributed by atoms with E-state index in [0.717, 1.165) is 5.56 Å². The predicted octanol–water partition coefficient (Wildman–Crippen LogP) is 3.76. The molecule has 9 heteroatoms. The van der Waals surface area contributed by atoms with Crippen molar-refractivity contribution in [1.29, 1.82) is 0 Å². The molecule has 0 aromatic heterocycles. The summed E-state index contributed by atoms with van der Waals surface area (Å²) >= 11 is 0. The quantitative estimate of drug-likeness (QED) is 0.383. The van der Waals surface area contributed by atoms with Crippen LogP contribution in [-0.4, -0.2) is 36.0 Å². The molecule has 32 heavy (non-hydrogen) atoms. The summed E-state index contributed by atoms with van der Waals surface area (Å²) in [6.07, 6.45) is 3.02. The minimum atomic E-state index is -0.932. The highest BCUT2D eigenvalue weighted by atomic mass is 19.1. The zero-order chi connectivity index (χ0) is 23.4. The van der Waals surface area contributed by atoms with Gasteiger partial charge in [-0.25, -0.2) is 14.0 Å². The average Bonchev–Trinajstić information content (AvgIpc) is 2.79. The average molecular weight is 440 g/mol. The fraction of sp³-hybridized carbons (Fsp3) is 0.217. The molecule has 0 radical (unpaired) electrons. The summed E-state index contributed by atoms with van der Waals surface area (Å²) in [5.74, 6) is -2.71. The summed E-state index contributed by atoms with van der Waals surface area (Å²) in [5.41, 5.74) is 1.63. The van der Waals surface area contributed by atoms with Crippen molar-refractivity contribution in [2.45, 2.75) is 19.4 Å². The number of benzene rings is 2. The van der Waals surface area contributed by atoms with Gasteiger partial charge >= 0.3 is 11.9 Å². The molecule has 0 saturated carbocycles. The van der Waals surface area contributed by atoms with E-state index in [1.54, 1.807) is 36.1 Å². The number of nitro benzene ring substituents is 1. The van der Waals surface area contributed by atoms with Gasteiger partial charge in [0.05, 0.1) is 36.2 Å². The molecule has 0 saturated heterocycles. The van der Waals surface area contributed by atoms with Gasteiger partial charge in [-0.15, -0.1) is 0 Å². The maximum atomic E-state index is 13.2. The van der Waals surface area contributed by atoms with Gasteiger partial charge in [-0.2, -0.15) is 0 Å². The Kier molecular flexibility index (Phi) is 6.67. The fourth-order valence-corrected chi connectivity index (χ4v) is 3.54. The molecule has 1 aliphatic heterocycles. The van der Waals surface area contributed by atoms with Crippen LogP contribution < -0.4 is 0 Å². The number of hydrogen-bond acceptors (Lipinski definition) is 7. The minimum absolute atomic E-state index is 0.107. The van der Waals surface area contributed by atoms with Crippen LogP contribution in [0.25, 0.3) is 0 Å². The Morgan fingerprint density at radius 3 is 2.09 bits per heavy atom. The van der Waals surface area contributed by atoms with Crippen molar-refractivity contribution in [3.05, 3.63) is 98.6 Å². The Labute approximate surface area is 183 Å². The van der Waals surface area contributed by atoms with Crippen molar-refractivity contribution in [3.8, 4) is 0 Å². The second-order valence-electron chi connectivity index (χ2n) is 7.19. The lowest BCUT2D eigenvalue weighted by Crippen LogP contribution is -2.28. The van der Waals surface area contributed by atoms with Crippen molar-refractivity contribution < 1.29 is 28.4 Å². The second kappa shape index (κ2) is 9.42. The van der Waals surface area contributed by atoms with Gasteiger partial charge in [-0.05, 0) is 30.2 Å². The van der Waals surface area contributed by atoms with Gasteiger partial charge < -0.3 is 14.4 Å². The molecule has 1 aliphatic rings. The van der Waals surface area contributed by atoms with Crippen LogP contribution in [0.4, 0.5) is 10.1 Å². The van der Waals surface area contributed by atoms with E-state index >= 15 is 0 Å². The first-order valence-corrected chi connectivity index (χ1v) is 9.60. The smallest absolute Gasteiger partial charge is 0.336 e. The molecule has 0 unspecified atom stereocenters. The Morgan fingerprint density at radius 1 is 1.03 bits per heavy atom. The molecule has 166 valence electrons. The highest BCUT2D eigenvalue weighted by Crippen LogP contribution is 2.39. The standard InChI is InChI=1S/C23H21FN2O6/c1-14-4-7-16(10-20(14)26(29)30)21-18(22(27)31-2)12-25(13-19(21)23(28)32-3)11-15-5-8-17(24)9-6-15/h4-10,12-13,21H,11H2,1-3H3. The molecule has 0 amide bonds. The van der Waals surface area contributed by atoms with Crippen molar-refractivity contribution in [2.75, 3.05) is 14.2 Å². The van der Waals surface area contributed by atoms with E-state index in [2.05, 4.69) is 0 Å². The van der Waals surface area contributed by atoms with Crippen LogP contribution in [0, 0.1) is 22.9 Å². The molecule has 0 atom stereocenters. The molecule has 0 N–H and O–H groups in total. The molecule has 0 fully saturated rings. The first kappa shape index (κ1) is 22.7. The molecule has 0 bridgehead atoms. The number of hydrogen-bond donors (Lipinski definition) is 0. The van der Waals surface area contributed by atoms with Gasteiger partial charge in [0.1, 0.15) is 5.82 Å². The van der Waals surface area contributed by atoms with Gasteiger partial charge in [0.15, 0.2) is 0 Å². The van der Waals surface area contributed by atoms with E-state index in [0.29, 0.717) is 11.1 Å². The lowest BCUT2D eigenvalue weighted by atomic mass is 9.82. The lowest BCUT2D eigenvalue weighted by molar-refractivity contribution is -0.385. The summed E-state index contributed by atoms with van der Waals surface area (Å²) in [6, 6.07) is 10.3. The van der Waals surface area contributed by atoms with Gasteiger partial charge in [-0.1, -0.05) is 24.3 Å². The van der Waals surface area contributed by atoms with Gasteiger partial charge in [0.2, 0.25) is 0 Å². The molecule has 2 aromatic carbocycles. The Hall–Kier alpha value is -4.01. The predicted molar refractivity (Wildman–Crippen MR) is 113 cm³/mol. The summed E-state index contributed by atoms with van der Waals surface area (Å²) in [6.45, 7) is 1.84. The fourth-order valence-electron chi connectivity index (χ4n) is 3.54. The number of carbonyl (C=O) groups excluding carboxylic acids is 2. The van der Waals surface area contributed by atoms with Crippen molar-refractivity contribution in [1.82, 2.24) is 4.90 Å². The number of nitro groups is 1. The summed E-state index contributed by atoms with van der Waals surface area (Å²) < 4.78 is 23.1. The molecule has 8 nitrogen and oxygen atoms in total. The second-order valence-corrected chi connectivity index (χ2v) is 7.19. The lowest BCUT2D eigenvalue weighted by Gasteiger charge is -2.30. The molecular formula is C23H21FN2O6. The third-order valence-corrected chi connectivity index (χ3v) is 5.12. The van der Waals surface area contributed by atoms with Crippen LogP contribution in [0.1, 0.15) is 22.6 Å². The van der Waals surface area contributed by atoms with Crippen LogP contribution in [0.3, 0.4) is 0 Å². The van der Waals surface area contributed by atoms with Gasteiger partial charge in [-0.3, -0.25) is 10.1 Å². The third-order valence-electron chi connectivity index (χ3n) is 5.12. The molecular weight excluding hydrogens is 419 g/mol. The minimum Gasteiger partial charge on any atom is -0.466 e. The van der Waals surface area contributed by atoms with E-state index in [9.17, 15) is 24.1 Å². The molecule has 2 aromatic rings.